The lowest BCUT2D eigenvalue weighted by Gasteiger charge is -2.40. The zero-order valence-electron chi connectivity index (χ0n) is 20.9. The van der Waals surface area contributed by atoms with Crippen LogP contribution in [0.3, 0.4) is 0 Å². The Bertz CT molecular complexity index is 1470. The minimum Gasteiger partial charge on any atom is -0.507 e. The van der Waals surface area contributed by atoms with Gasteiger partial charge in [-0.3, -0.25) is 4.79 Å². The third-order valence-corrected chi connectivity index (χ3v) is 7.17. The largest absolute Gasteiger partial charge is 0.507 e. The van der Waals surface area contributed by atoms with Gasteiger partial charge in [-0.1, -0.05) is 0 Å². The lowest BCUT2D eigenvalue weighted by molar-refractivity contribution is -0.311. The highest BCUT2D eigenvalue weighted by atomic mass is 16.7. The molecular weight excluding hydrogens is 536 g/mol. The Morgan fingerprint density at radius 1 is 0.850 bits per heavy atom. The first-order valence-electron chi connectivity index (χ1n) is 12.3. The second kappa shape index (κ2) is 10.5. The van der Waals surface area contributed by atoms with E-state index in [0.717, 1.165) is 18.2 Å². The predicted molar refractivity (Wildman–Crippen MR) is 133 cm³/mol. The molecule has 0 amide bonds. The van der Waals surface area contributed by atoms with Crippen molar-refractivity contribution in [1.82, 2.24) is 0 Å². The summed E-state index contributed by atoms with van der Waals surface area (Å²) in [4.78, 5) is 13.1. The van der Waals surface area contributed by atoms with Gasteiger partial charge >= 0.3 is 0 Å². The fourth-order valence-electron chi connectivity index (χ4n) is 4.96. The van der Waals surface area contributed by atoms with Crippen molar-refractivity contribution >= 4 is 11.0 Å². The molecule has 14 nitrogen and oxygen atoms in total. The summed E-state index contributed by atoms with van der Waals surface area (Å²) in [5, 5.41) is 91.9. The molecule has 9 atom stereocenters. The smallest absolute Gasteiger partial charge is 0.197 e. The maximum absolute atomic E-state index is 13.1. The Balaban J connectivity index is 1.56. The van der Waals surface area contributed by atoms with E-state index in [1.54, 1.807) is 0 Å². The number of hydrogen-bond donors (Lipinski definition) is 9. The van der Waals surface area contributed by atoms with Gasteiger partial charge in [0.1, 0.15) is 71.0 Å². The molecule has 40 heavy (non-hydrogen) atoms. The molecule has 216 valence electrons. The zero-order valence-corrected chi connectivity index (χ0v) is 20.9. The third kappa shape index (κ3) is 4.63. The van der Waals surface area contributed by atoms with Crippen LogP contribution in [0.2, 0.25) is 0 Å². The molecule has 1 aromatic heterocycles. The fraction of sp³-hybridized carbons (Fsp3) is 0.423. The Morgan fingerprint density at radius 3 is 2.25 bits per heavy atom. The molecule has 2 aromatic carbocycles. The summed E-state index contributed by atoms with van der Waals surface area (Å²) >= 11 is 0. The number of aromatic hydroxyl groups is 4. The highest BCUT2D eigenvalue weighted by Gasteiger charge is 2.51. The molecule has 9 N–H and O–H groups in total. The molecule has 14 heteroatoms. The lowest BCUT2D eigenvalue weighted by atomic mass is 9.96. The molecule has 0 unspecified atom stereocenters. The molecule has 5 rings (SSSR count). The number of fused-ring (bicyclic) bond motifs is 1. The molecule has 0 spiro atoms. The van der Waals surface area contributed by atoms with Crippen molar-refractivity contribution in [3.05, 3.63) is 46.1 Å². The maximum Gasteiger partial charge on any atom is 0.197 e. The van der Waals surface area contributed by atoms with Crippen molar-refractivity contribution < 1.29 is 64.6 Å². The van der Waals surface area contributed by atoms with Crippen molar-refractivity contribution in [2.45, 2.75) is 62.0 Å². The highest BCUT2D eigenvalue weighted by Crippen LogP contribution is 2.47. The van der Waals surface area contributed by atoms with Gasteiger partial charge in [-0.05, 0) is 25.1 Å². The highest BCUT2D eigenvalue weighted by molar-refractivity contribution is 5.88. The van der Waals surface area contributed by atoms with E-state index in [4.69, 9.17) is 18.6 Å². The van der Waals surface area contributed by atoms with Crippen molar-refractivity contribution in [2.24, 2.45) is 0 Å². The van der Waals surface area contributed by atoms with Crippen LogP contribution in [-0.4, -0.2) is 102 Å². The van der Waals surface area contributed by atoms with Crippen LogP contribution in [0.25, 0.3) is 22.3 Å². The van der Waals surface area contributed by atoms with Crippen LogP contribution in [0.5, 0.6) is 23.0 Å². The van der Waals surface area contributed by atoms with E-state index in [9.17, 15) is 50.8 Å². The molecule has 2 aliphatic heterocycles. The second-order valence-corrected chi connectivity index (χ2v) is 9.76. The summed E-state index contributed by atoms with van der Waals surface area (Å²) in [6.45, 7) is 0.711. The molecule has 3 aromatic rings. The number of aliphatic hydroxyl groups is 5. The van der Waals surface area contributed by atoms with E-state index < -0.39 is 95.7 Å². The summed E-state index contributed by atoms with van der Waals surface area (Å²) in [5.74, 6) is -2.33. The van der Waals surface area contributed by atoms with Crippen LogP contribution in [0, 0.1) is 0 Å². The number of rotatable bonds is 5. The van der Waals surface area contributed by atoms with Gasteiger partial charge in [0.2, 0.25) is 0 Å². The van der Waals surface area contributed by atoms with E-state index in [2.05, 4.69) is 0 Å². The molecule has 2 saturated heterocycles. The van der Waals surface area contributed by atoms with E-state index in [1.165, 1.54) is 19.1 Å². The summed E-state index contributed by atoms with van der Waals surface area (Å²) in [6.07, 6.45) is -13.3. The first-order chi connectivity index (χ1) is 18.9. The third-order valence-electron chi connectivity index (χ3n) is 7.17. The quantitative estimate of drug-likeness (QED) is 0.174. The number of phenolic OH excluding ortho intramolecular Hbond substituents is 4. The summed E-state index contributed by atoms with van der Waals surface area (Å²) in [5.41, 5.74) is -1.19. The van der Waals surface area contributed by atoms with Crippen LogP contribution >= 0.6 is 0 Å². The van der Waals surface area contributed by atoms with Gasteiger partial charge in [-0.25, -0.2) is 0 Å². The Hall–Kier alpha value is -3.47. The van der Waals surface area contributed by atoms with Crippen molar-refractivity contribution in [3.63, 3.8) is 0 Å². The van der Waals surface area contributed by atoms with E-state index in [1.807, 2.05) is 0 Å². The summed E-state index contributed by atoms with van der Waals surface area (Å²) in [6, 6.07) is 5.74. The van der Waals surface area contributed by atoms with Gasteiger partial charge in [0.05, 0.1) is 18.3 Å². The van der Waals surface area contributed by atoms with E-state index >= 15 is 0 Å². The van der Waals surface area contributed by atoms with E-state index in [0.29, 0.717) is 0 Å². The van der Waals surface area contributed by atoms with Gasteiger partial charge in [-0.15, -0.1) is 0 Å². The number of hydrogen-bond acceptors (Lipinski definition) is 14. The molecule has 0 radical (unpaired) electrons. The molecule has 0 saturated carbocycles. The molecule has 0 aliphatic carbocycles. The van der Waals surface area contributed by atoms with Crippen LogP contribution in [-0.2, 0) is 14.2 Å². The van der Waals surface area contributed by atoms with E-state index in [-0.39, 0.29) is 22.3 Å². The first-order valence-corrected chi connectivity index (χ1v) is 12.3. The summed E-state index contributed by atoms with van der Waals surface area (Å²) in [7, 11) is 0. The standard InChI is InChI=1S/C26H28O14/c1-8-19(32)22(35)23(36)26(37-8)40-25-20(33)16(7-27)39-24(25)18-13(31)6-15-17(21(18)34)12(30)5-14(38-15)9-2-3-10(28)11(29)4-9/h2-6,8,16,19-20,22-29,31-36H,7H2,1H3/t8-,16-,19-,20-,22+,23+,24-,25+,26-/m0/s1. The van der Waals surface area contributed by atoms with Crippen LogP contribution in [0.1, 0.15) is 18.6 Å². The lowest BCUT2D eigenvalue weighted by Crippen LogP contribution is -2.58. The first kappa shape index (κ1) is 28.1. The topological polar surface area (TPSA) is 240 Å². The average molecular weight is 564 g/mol. The Labute approximate surface area is 225 Å². The van der Waals surface area contributed by atoms with Gasteiger partial charge in [0, 0.05) is 17.7 Å². The number of aliphatic hydroxyl groups excluding tert-OH is 5. The molecule has 0 bridgehead atoms. The van der Waals surface area contributed by atoms with Crippen LogP contribution < -0.4 is 5.43 Å². The maximum atomic E-state index is 13.1. The molecular formula is C26H28O14. The Morgan fingerprint density at radius 2 is 1.57 bits per heavy atom. The number of benzene rings is 2. The van der Waals surface area contributed by atoms with Crippen LogP contribution in [0.4, 0.5) is 0 Å². The van der Waals surface area contributed by atoms with Crippen molar-refractivity contribution in [2.75, 3.05) is 6.61 Å². The van der Waals surface area contributed by atoms with Gasteiger partial charge in [0.15, 0.2) is 23.2 Å². The number of ether oxygens (including phenoxy) is 3. The summed E-state index contributed by atoms with van der Waals surface area (Å²) < 4.78 is 22.5. The fourth-order valence-corrected chi connectivity index (χ4v) is 4.96. The van der Waals surface area contributed by atoms with Gasteiger partial charge in [-0.2, -0.15) is 0 Å². The van der Waals surface area contributed by atoms with Gasteiger partial charge in [0.25, 0.3) is 0 Å². The SMILES string of the molecule is C[C@@H]1O[C@@H](O[C@@H]2[C@@H](O)[C@H](CO)O[C@H]2c2c(O)cc3oc(-c4ccc(O)c(O)c4)cc(=O)c3c2O)[C@H](O)[C@H](O)[C@H]1O. The number of phenols is 4. The zero-order chi connectivity index (χ0) is 29.0. The van der Waals surface area contributed by atoms with Crippen molar-refractivity contribution in [3.8, 4) is 34.3 Å². The average Bonchev–Trinajstić information content (AvgIpc) is 3.21. The second-order valence-electron chi connectivity index (χ2n) is 9.76. The molecule has 2 aliphatic rings. The van der Waals surface area contributed by atoms with Crippen molar-refractivity contribution in [1.29, 1.82) is 0 Å². The minimum absolute atomic E-state index is 0.0493. The molecule has 2 fully saturated rings. The monoisotopic (exact) mass is 564 g/mol. The molecule has 3 heterocycles. The minimum atomic E-state index is -1.75. The van der Waals surface area contributed by atoms with Crippen LogP contribution in [0.15, 0.2) is 39.5 Å². The normalized spacial score (nSPS) is 32.5. The Kier molecular flexibility index (Phi) is 7.37. The predicted octanol–water partition coefficient (Wildman–Crippen LogP) is -0.712. The van der Waals surface area contributed by atoms with Gasteiger partial charge < -0.3 is 64.6 Å².